The Morgan fingerprint density at radius 2 is 1.73 bits per heavy atom. The Bertz CT molecular complexity index is 489. The number of nitrogens with zero attached hydrogens (tertiary/aromatic N) is 2. The van der Waals surface area contributed by atoms with Crippen LogP contribution >= 0.6 is 0 Å². The fourth-order valence-corrected chi connectivity index (χ4v) is 3.56. The van der Waals surface area contributed by atoms with E-state index in [4.69, 9.17) is 0 Å². The maximum Gasteiger partial charge on any atom is 0.272 e. The minimum absolute atomic E-state index is 0.0918. The summed E-state index contributed by atoms with van der Waals surface area (Å²) in [6.45, 7) is 1.75. The van der Waals surface area contributed by atoms with Gasteiger partial charge in [0.05, 0.1) is 0 Å². The van der Waals surface area contributed by atoms with Crippen molar-refractivity contribution in [1.29, 1.82) is 0 Å². The standard InChI is InChI=1S/C18H27N3O/c22-18(21-12-6-1-2-7-13-21)17-14-16(10-11-19-17)20-15-8-4-3-5-9-15/h10-11,14-15H,1-9,12-13H2,(H,19,20). The topological polar surface area (TPSA) is 45.2 Å². The number of rotatable bonds is 3. The van der Waals surface area contributed by atoms with Gasteiger partial charge < -0.3 is 10.2 Å². The van der Waals surface area contributed by atoms with Crippen LogP contribution in [0.2, 0.25) is 0 Å². The van der Waals surface area contributed by atoms with Crippen molar-refractivity contribution in [2.75, 3.05) is 18.4 Å². The fraction of sp³-hybridized carbons (Fsp3) is 0.667. The Labute approximate surface area is 133 Å². The van der Waals surface area contributed by atoms with Gasteiger partial charge in [-0.3, -0.25) is 9.78 Å². The minimum atomic E-state index is 0.0918. The smallest absolute Gasteiger partial charge is 0.272 e. The molecule has 4 nitrogen and oxygen atoms in total. The largest absolute Gasteiger partial charge is 0.382 e. The molecule has 2 heterocycles. The van der Waals surface area contributed by atoms with E-state index >= 15 is 0 Å². The molecule has 1 aromatic rings. The second-order valence-corrected chi connectivity index (χ2v) is 6.62. The van der Waals surface area contributed by atoms with Gasteiger partial charge >= 0.3 is 0 Å². The van der Waals surface area contributed by atoms with Gasteiger partial charge in [0.1, 0.15) is 5.69 Å². The zero-order chi connectivity index (χ0) is 15.2. The van der Waals surface area contributed by atoms with Crippen molar-refractivity contribution in [3.8, 4) is 0 Å². The summed E-state index contributed by atoms with van der Waals surface area (Å²) in [6.07, 6.45) is 12.9. The van der Waals surface area contributed by atoms with Crippen LogP contribution < -0.4 is 5.32 Å². The van der Waals surface area contributed by atoms with Gasteiger partial charge in [-0.1, -0.05) is 32.1 Å². The predicted molar refractivity (Wildman–Crippen MR) is 89.1 cm³/mol. The normalized spacial score (nSPS) is 20.5. The van der Waals surface area contributed by atoms with Crippen molar-refractivity contribution in [3.63, 3.8) is 0 Å². The second-order valence-electron chi connectivity index (χ2n) is 6.62. The molecule has 1 saturated heterocycles. The lowest BCUT2D eigenvalue weighted by molar-refractivity contribution is 0.0756. The van der Waals surface area contributed by atoms with Crippen LogP contribution in [0, 0.1) is 0 Å². The van der Waals surface area contributed by atoms with Gasteiger partial charge in [0, 0.05) is 31.0 Å². The van der Waals surface area contributed by atoms with E-state index in [1.54, 1.807) is 6.20 Å². The molecular formula is C18H27N3O. The zero-order valence-electron chi connectivity index (χ0n) is 13.4. The molecule has 2 fully saturated rings. The number of hydrogen-bond donors (Lipinski definition) is 1. The summed E-state index contributed by atoms with van der Waals surface area (Å²) >= 11 is 0. The first-order valence-electron chi connectivity index (χ1n) is 8.85. The van der Waals surface area contributed by atoms with Crippen molar-refractivity contribution in [1.82, 2.24) is 9.88 Å². The highest BCUT2D eigenvalue weighted by molar-refractivity contribution is 5.93. The molecule has 1 aliphatic heterocycles. The molecule has 2 aliphatic rings. The molecule has 120 valence electrons. The number of carbonyl (C=O) groups is 1. The molecule has 1 amide bonds. The van der Waals surface area contributed by atoms with Crippen LogP contribution in [0.15, 0.2) is 18.3 Å². The number of pyridine rings is 1. The maximum absolute atomic E-state index is 12.6. The van der Waals surface area contributed by atoms with Crippen LogP contribution in [0.25, 0.3) is 0 Å². The Balaban J connectivity index is 1.65. The summed E-state index contributed by atoms with van der Waals surface area (Å²) in [7, 11) is 0. The Morgan fingerprint density at radius 3 is 2.45 bits per heavy atom. The second kappa shape index (κ2) is 7.61. The number of amides is 1. The van der Waals surface area contributed by atoms with E-state index in [9.17, 15) is 4.79 Å². The third-order valence-corrected chi connectivity index (χ3v) is 4.85. The van der Waals surface area contributed by atoms with Gasteiger partial charge in [-0.25, -0.2) is 0 Å². The van der Waals surface area contributed by atoms with E-state index in [-0.39, 0.29) is 5.91 Å². The van der Waals surface area contributed by atoms with E-state index < -0.39 is 0 Å². The number of aromatic nitrogens is 1. The average Bonchev–Trinajstić information content (AvgIpc) is 2.85. The average molecular weight is 301 g/mol. The predicted octanol–water partition coefficient (Wildman–Crippen LogP) is 3.84. The van der Waals surface area contributed by atoms with Crippen molar-refractivity contribution in [3.05, 3.63) is 24.0 Å². The molecular weight excluding hydrogens is 274 g/mol. The summed E-state index contributed by atoms with van der Waals surface area (Å²) in [5.41, 5.74) is 1.63. The molecule has 0 atom stereocenters. The van der Waals surface area contributed by atoms with Gasteiger partial charge in [-0.05, 0) is 37.8 Å². The molecule has 1 saturated carbocycles. The minimum Gasteiger partial charge on any atom is -0.382 e. The first kappa shape index (κ1) is 15.3. The summed E-state index contributed by atoms with van der Waals surface area (Å²) in [4.78, 5) is 18.9. The van der Waals surface area contributed by atoms with E-state index in [0.717, 1.165) is 31.6 Å². The zero-order valence-corrected chi connectivity index (χ0v) is 13.4. The number of carbonyl (C=O) groups excluding carboxylic acids is 1. The number of anilines is 1. The van der Waals surface area contributed by atoms with Crippen LogP contribution in [0.3, 0.4) is 0 Å². The summed E-state index contributed by atoms with van der Waals surface area (Å²) in [6, 6.07) is 4.47. The third-order valence-electron chi connectivity index (χ3n) is 4.85. The quantitative estimate of drug-likeness (QED) is 0.922. The van der Waals surface area contributed by atoms with E-state index in [1.807, 2.05) is 17.0 Å². The molecule has 22 heavy (non-hydrogen) atoms. The van der Waals surface area contributed by atoms with Crippen LogP contribution in [0.5, 0.6) is 0 Å². The molecule has 1 N–H and O–H groups in total. The van der Waals surface area contributed by atoms with Crippen molar-refractivity contribution in [2.45, 2.75) is 63.8 Å². The first-order chi connectivity index (χ1) is 10.8. The molecule has 0 radical (unpaired) electrons. The number of nitrogens with one attached hydrogen (secondary N) is 1. The van der Waals surface area contributed by atoms with Crippen molar-refractivity contribution in [2.24, 2.45) is 0 Å². The SMILES string of the molecule is O=C(c1cc(NC2CCCCC2)ccn1)N1CCCCCC1. The van der Waals surface area contributed by atoms with Crippen LogP contribution in [0.4, 0.5) is 5.69 Å². The molecule has 3 rings (SSSR count). The Hall–Kier alpha value is -1.58. The monoisotopic (exact) mass is 301 g/mol. The van der Waals surface area contributed by atoms with Crippen molar-refractivity contribution >= 4 is 11.6 Å². The molecule has 4 heteroatoms. The summed E-state index contributed by atoms with van der Waals surface area (Å²) < 4.78 is 0. The number of likely N-dealkylation sites (tertiary alicyclic amines) is 1. The highest BCUT2D eigenvalue weighted by atomic mass is 16.2. The molecule has 0 bridgehead atoms. The Kier molecular flexibility index (Phi) is 5.30. The first-order valence-corrected chi connectivity index (χ1v) is 8.85. The maximum atomic E-state index is 12.6. The lowest BCUT2D eigenvalue weighted by atomic mass is 9.95. The molecule has 0 spiro atoms. The highest BCUT2D eigenvalue weighted by Crippen LogP contribution is 2.22. The van der Waals surface area contributed by atoms with Gasteiger partial charge in [0.15, 0.2) is 0 Å². The lowest BCUT2D eigenvalue weighted by Gasteiger charge is -2.24. The molecule has 1 aromatic heterocycles. The van der Waals surface area contributed by atoms with Gasteiger partial charge in [0.2, 0.25) is 0 Å². The highest BCUT2D eigenvalue weighted by Gasteiger charge is 2.19. The van der Waals surface area contributed by atoms with Gasteiger partial charge in [0.25, 0.3) is 5.91 Å². The molecule has 0 aromatic carbocycles. The fourth-order valence-electron chi connectivity index (χ4n) is 3.56. The van der Waals surface area contributed by atoms with Crippen LogP contribution in [-0.4, -0.2) is 34.9 Å². The van der Waals surface area contributed by atoms with Crippen molar-refractivity contribution < 1.29 is 4.79 Å². The third kappa shape index (κ3) is 3.99. The Morgan fingerprint density at radius 1 is 1.05 bits per heavy atom. The number of hydrogen-bond acceptors (Lipinski definition) is 3. The lowest BCUT2D eigenvalue weighted by Crippen LogP contribution is -2.32. The summed E-state index contributed by atoms with van der Waals surface area (Å²) in [5, 5.41) is 3.58. The van der Waals surface area contributed by atoms with Crippen LogP contribution in [0.1, 0.15) is 68.3 Å². The molecule has 0 unspecified atom stereocenters. The van der Waals surface area contributed by atoms with Gasteiger partial charge in [-0.2, -0.15) is 0 Å². The van der Waals surface area contributed by atoms with Crippen LogP contribution in [-0.2, 0) is 0 Å². The molecule has 1 aliphatic carbocycles. The van der Waals surface area contributed by atoms with E-state index in [0.29, 0.717) is 11.7 Å². The van der Waals surface area contributed by atoms with Gasteiger partial charge in [-0.15, -0.1) is 0 Å². The summed E-state index contributed by atoms with van der Waals surface area (Å²) in [5.74, 6) is 0.0918. The van der Waals surface area contributed by atoms with E-state index in [2.05, 4.69) is 10.3 Å². The van der Waals surface area contributed by atoms with E-state index in [1.165, 1.54) is 44.9 Å².